The van der Waals surface area contributed by atoms with Gasteiger partial charge in [-0.25, -0.2) is 0 Å². The van der Waals surface area contributed by atoms with Crippen molar-refractivity contribution in [3.8, 4) is 11.8 Å². The Bertz CT molecular complexity index is 228. The number of aliphatic hydroxyl groups excluding tert-OH is 1. The molecule has 1 nitrogen and oxygen atoms in total. The number of hydrogen-bond donors (Lipinski definition) is 1. The molecule has 2 rings (SSSR count). The molecule has 1 heterocycles. The Balaban J connectivity index is 2.08. The molecule has 0 amide bonds. The van der Waals surface area contributed by atoms with Gasteiger partial charge in [-0.1, -0.05) is 18.8 Å². The molecule has 2 aliphatic rings. The highest BCUT2D eigenvalue weighted by Crippen LogP contribution is 2.37. The summed E-state index contributed by atoms with van der Waals surface area (Å²) < 4.78 is 0. The number of hydrogen-bond acceptors (Lipinski definition) is 2. The largest absolute Gasteiger partial charge is 0.393 e. The predicted octanol–water partition coefficient (Wildman–Crippen LogP) is 1.51. The van der Waals surface area contributed by atoms with Crippen LogP contribution in [0.5, 0.6) is 0 Å². The first-order valence-electron chi connectivity index (χ1n) is 4.55. The third-order valence-corrected chi connectivity index (χ3v) is 4.12. The van der Waals surface area contributed by atoms with Crippen LogP contribution in [0.1, 0.15) is 19.8 Å². The Morgan fingerprint density at radius 3 is 3.08 bits per heavy atom. The van der Waals surface area contributed by atoms with Crippen LogP contribution in [0.4, 0.5) is 0 Å². The molecule has 2 heteroatoms. The fraction of sp³-hybridized carbons (Fsp3) is 0.800. The minimum Gasteiger partial charge on any atom is -0.393 e. The van der Waals surface area contributed by atoms with Gasteiger partial charge >= 0.3 is 0 Å². The van der Waals surface area contributed by atoms with Gasteiger partial charge in [-0.3, -0.25) is 0 Å². The molecular formula is C10H14OS. The zero-order chi connectivity index (χ0) is 8.55. The van der Waals surface area contributed by atoms with E-state index in [2.05, 4.69) is 18.8 Å². The molecule has 0 radical (unpaired) electrons. The molecule has 12 heavy (non-hydrogen) atoms. The monoisotopic (exact) mass is 182 g/mol. The van der Waals surface area contributed by atoms with E-state index in [1.54, 1.807) is 0 Å². The highest BCUT2D eigenvalue weighted by atomic mass is 32.2. The normalized spacial score (nSPS) is 45.8. The summed E-state index contributed by atoms with van der Waals surface area (Å²) in [5.41, 5.74) is 0. The Morgan fingerprint density at radius 2 is 2.25 bits per heavy atom. The second kappa shape index (κ2) is 3.32. The van der Waals surface area contributed by atoms with Gasteiger partial charge in [0.15, 0.2) is 0 Å². The lowest BCUT2D eigenvalue weighted by Crippen LogP contribution is -2.36. The molecule has 66 valence electrons. The summed E-state index contributed by atoms with van der Waals surface area (Å²) in [7, 11) is 0. The first-order valence-corrected chi connectivity index (χ1v) is 5.60. The van der Waals surface area contributed by atoms with Crippen molar-refractivity contribution in [2.45, 2.75) is 31.1 Å². The lowest BCUT2D eigenvalue weighted by Gasteiger charge is -2.36. The maximum Gasteiger partial charge on any atom is 0.0578 e. The summed E-state index contributed by atoms with van der Waals surface area (Å²) in [5.74, 6) is 8.29. The lowest BCUT2D eigenvalue weighted by atomic mass is 9.80. The van der Waals surface area contributed by atoms with Gasteiger partial charge in [-0.2, -0.15) is 0 Å². The quantitative estimate of drug-likeness (QED) is 0.573. The molecule has 0 aromatic rings. The van der Waals surface area contributed by atoms with E-state index < -0.39 is 0 Å². The van der Waals surface area contributed by atoms with Crippen LogP contribution < -0.4 is 0 Å². The van der Waals surface area contributed by atoms with Crippen molar-refractivity contribution in [2.24, 2.45) is 11.8 Å². The molecule has 1 fully saturated rings. The van der Waals surface area contributed by atoms with Crippen LogP contribution in [0.2, 0.25) is 0 Å². The molecule has 1 aliphatic carbocycles. The van der Waals surface area contributed by atoms with E-state index in [4.69, 9.17) is 0 Å². The van der Waals surface area contributed by atoms with Crippen molar-refractivity contribution in [1.29, 1.82) is 0 Å². The average molecular weight is 182 g/mol. The summed E-state index contributed by atoms with van der Waals surface area (Å²) in [6, 6.07) is 0. The van der Waals surface area contributed by atoms with Crippen LogP contribution in [-0.2, 0) is 0 Å². The minimum absolute atomic E-state index is 0.112. The molecule has 0 saturated heterocycles. The van der Waals surface area contributed by atoms with Crippen molar-refractivity contribution < 1.29 is 5.11 Å². The minimum atomic E-state index is -0.112. The maximum atomic E-state index is 9.64. The standard InChI is InChI=1S/C10H14OS/c1-7-5-10-8(6-9(7)11)3-2-4-12-10/h7-11H,4-6H2,1H3/t7-,8?,9+,10?/m0/s1. The van der Waals surface area contributed by atoms with Gasteiger partial charge in [0.2, 0.25) is 0 Å². The van der Waals surface area contributed by atoms with Crippen LogP contribution in [0.15, 0.2) is 0 Å². The van der Waals surface area contributed by atoms with E-state index in [0.717, 1.165) is 18.6 Å². The van der Waals surface area contributed by atoms with Gasteiger partial charge in [-0.15, -0.1) is 11.8 Å². The highest BCUT2D eigenvalue weighted by molar-refractivity contribution is 8.00. The van der Waals surface area contributed by atoms with E-state index in [0.29, 0.717) is 17.1 Å². The Hall–Kier alpha value is -0.130. The van der Waals surface area contributed by atoms with Crippen molar-refractivity contribution in [3.05, 3.63) is 0 Å². The lowest BCUT2D eigenvalue weighted by molar-refractivity contribution is 0.0681. The first-order chi connectivity index (χ1) is 5.77. The fourth-order valence-corrected chi connectivity index (χ4v) is 3.22. The predicted molar refractivity (Wildman–Crippen MR) is 51.9 cm³/mol. The van der Waals surface area contributed by atoms with Crippen molar-refractivity contribution in [3.63, 3.8) is 0 Å². The smallest absolute Gasteiger partial charge is 0.0578 e. The first kappa shape index (κ1) is 8.47. The molecule has 0 bridgehead atoms. The van der Waals surface area contributed by atoms with Gasteiger partial charge in [0, 0.05) is 11.2 Å². The third kappa shape index (κ3) is 1.48. The van der Waals surface area contributed by atoms with Gasteiger partial charge in [0.25, 0.3) is 0 Å². The van der Waals surface area contributed by atoms with Crippen molar-refractivity contribution in [2.75, 3.05) is 5.75 Å². The summed E-state index contributed by atoms with van der Waals surface area (Å²) in [4.78, 5) is 0. The van der Waals surface area contributed by atoms with E-state index in [1.165, 1.54) is 0 Å². The summed E-state index contributed by atoms with van der Waals surface area (Å²) >= 11 is 1.97. The van der Waals surface area contributed by atoms with Crippen LogP contribution in [0, 0.1) is 23.7 Å². The van der Waals surface area contributed by atoms with Crippen LogP contribution in [0.25, 0.3) is 0 Å². The van der Waals surface area contributed by atoms with Crippen molar-refractivity contribution in [1.82, 2.24) is 0 Å². The van der Waals surface area contributed by atoms with Crippen LogP contribution in [-0.4, -0.2) is 22.2 Å². The van der Waals surface area contributed by atoms with E-state index in [9.17, 15) is 5.11 Å². The zero-order valence-electron chi connectivity index (χ0n) is 7.29. The number of rotatable bonds is 0. The fourth-order valence-electron chi connectivity index (χ4n) is 1.99. The highest BCUT2D eigenvalue weighted by Gasteiger charge is 2.34. The molecule has 0 aromatic carbocycles. The second-order valence-corrected chi connectivity index (χ2v) is 5.02. The topological polar surface area (TPSA) is 20.2 Å². The summed E-state index contributed by atoms with van der Waals surface area (Å²) in [6.07, 6.45) is 1.93. The van der Waals surface area contributed by atoms with Crippen LogP contribution >= 0.6 is 11.8 Å². The second-order valence-electron chi connectivity index (χ2n) is 3.79. The van der Waals surface area contributed by atoms with Gasteiger partial charge in [-0.05, 0) is 18.8 Å². The van der Waals surface area contributed by atoms with Gasteiger partial charge in [0.05, 0.1) is 11.9 Å². The van der Waals surface area contributed by atoms with Crippen LogP contribution in [0.3, 0.4) is 0 Å². The Kier molecular flexibility index (Phi) is 2.34. The SMILES string of the molecule is C[C@H]1CC2SCC#CC2C[C@H]1O. The van der Waals surface area contributed by atoms with Gasteiger partial charge in [0.1, 0.15) is 0 Å². The average Bonchev–Trinajstić information content (AvgIpc) is 2.07. The molecule has 2 unspecified atom stereocenters. The molecule has 1 saturated carbocycles. The number of aliphatic hydroxyl groups is 1. The number of fused-ring (bicyclic) bond motifs is 1. The summed E-state index contributed by atoms with van der Waals surface area (Å²) in [6.45, 7) is 2.14. The molecule has 1 aliphatic heterocycles. The molecule has 4 atom stereocenters. The van der Waals surface area contributed by atoms with E-state index in [-0.39, 0.29) is 6.10 Å². The third-order valence-electron chi connectivity index (χ3n) is 2.86. The maximum absolute atomic E-state index is 9.64. The Morgan fingerprint density at radius 1 is 1.42 bits per heavy atom. The molecule has 1 N–H and O–H groups in total. The van der Waals surface area contributed by atoms with Gasteiger partial charge < -0.3 is 5.11 Å². The van der Waals surface area contributed by atoms with E-state index in [1.807, 2.05) is 11.8 Å². The Labute approximate surface area is 77.9 Å². The number of thioether (sulfide) groups is 1. The molecule has 0 aromatic heterocycles. The zero-order valence-corrected chi connectivity index (χ0v) is 8.10. The molecular weight excluding hydrogens is 168 g/mol. The van der Waals surface area contributed by atoms with E-state index >= 15 is 0 Å². The molecule has 0 spiro atoms. The van der Waals surface area contributed by atoms with Crippen molar-refractivity contribution >= 4 is 11.8 Å². The summed E-state index contributed by atoms with van der Waals surface area (Å²) in [5, 5.41) is 10.3.